The summed E-state index contributed by atoms with van der Waals surface area (Å²) in [4.78, 5) is 15.2. The number of aromatic amines is 1. The van der Waals surface area contributed by atoms with Crippen molar-refractivity contribution in [3.05, 3.63) is 63.8 Å². The molecule has 5 heteroatoms. The van der Waals surface area contributed by atoms with E-state index in [-0.39, 0.29) is 11.2 Å². The lowest BCUT2D eigenvalue weighted by Crippen LogP contribution is -2.01. The molecule has 4 rings (SSSR count). The van der Waals surface area contributed by atoms with Crippen LogP contribution in [0.25, 0.3) is 17.1 Å². The first kappa shape index (κ1) is 12.8. The molecular weight excluding hydrogens is 280 g/mol. The van der Waals surface area contributed by atoms with Crippen molar-refractivity contribution in [2.75, 3.05) is 0 Å². The zero-order valence-corrected chi connectivity index (χ0v) is 12.0. The van der Waals surface area contributed by atoms with E-state index in [1.165, 1.54) is 6.07 Å². The fourth-order valence-electron chi connectivity index (χ4n) is 2.91. The number of nitrogens with zero attached hydrogens (tertiary/aromatic N) is 1. The van der Waals surface area contributed by atoms with E-state index in [0.29, 0.717) is 23.3 Å². The van der Waals surface area contributed by atoms with Crippen LogP contribution in [0.3, 0.4) is 0 Å². The molecule has 0 radical (unpaired) electrons. The van der Waals surface area contributed by atoms with E-state index in [1.54, 1.807) is 18.3 Å². The molecule has 0 aliphatic carbocycles. The van der Waals surface area contributed by atoms with E-state index in [2.05, 4.69) is 4.98 Å². The molecule has 3 heterocycles. The van der Waals surface area contributed by atoms with Gasteiger partial charge in [0.05, 0.1) is 5.39 Å². The minimum Gasteiger partial charge on any atom is -0.508 e. The number of pyridine rings is 1. The zero-order valence-electron chi connectivity index (χ0n) is 12.0. The van der Waals surface area contributed by atoms with Gasteiger partial charge < -0.3 is 19.4 Å². The number of fused-ring (bicyclic) bond motifs is 2. The lowest BCUT2D eigenvalue weighted by atomic mass is 10.1. The third-order valence-corrected chi connectivity index (χ3v) is 3.93. The number of benzene rings is 1. The van der Waals surface area contributed by atoms with Crippen LogP contribution >= 0.6 is 0 Å². The molecule has 110 valence electrons. The quantitative estimate of drug-likeness (QED) is 0.725. The van der Waals surface area contributed by atoms with Gasteiger partial charge in [0.1, 0.15) is 22.9 Å². The van der Waals surface area contributed by atoms with Gasteiger partial charge in [0.2, 0.25) is 0 Å². The van der Waals surface area contributed by atoms with Crippen LogP contribution in [0.2, 0.25) is 0 Å². The number of nitrogens with one attached hydrogen (secondary N) is 1. The predicted octanol–water partition coefficient (Wildman–Crippen LogP) is 2.55. The first-order valence-corrected chi connectivity index (χ1v) is 6.99. The van der Waals surface area contributed by atoms with Crippen LogP contribution in [-0.4, -0.2) is 14.7 Å². The molecular formula is C17H14N2O3. The molecule has 0 unspecified atom stereocenters. The van der Waals surface area contributed by atoms with Crippen LogP contribution in [0.4, 0.5) is 0 Å². The standard InChI is InChI=1S/C17H14N2O3/c1-19-9-10(16-14(21)5-6-18-17(16)19)7-11-8-12-13(20)3-2-4-15(12)22-11/h2-7,9,20H,8H2,1H3,(H,18,21). The van der Waals surface area contributed by atoms with Crippen molar-refractivity contribution in [2.24, 2.45) is 7.05 Å². The highest BCUT2D eigenvalue weighted by atomic mass is 16.5. The number of hydrogen-bond acceptors (Lipinski definition) is 3. The Morgan fingerprint density at radius 2 is 2.23 bits per heavy atom. The minimum absolute atomic E-state index is 0.0282. The van der Waals surface area contributed by atoms with E-state index in [4.69, 9.17) is 4.74 Å². The summed E-state index contributed by atoms with van der Waals surface area (Å²) in [6, 6.07) is 6.74. The second kappa shape index (κ2) is 4.53. The van der Waals surface area contributed by atoms with Crippen LogP contribution in [0.15, 0.2) is 47.2 Å². The summed E-state index contributed by atoms with van der Waals surface area (Å²) in [5, 5.41) is 10.5. The number of aromatic nitrogens is 2. The third-order valence-electron chi connectivity index (χ3n) is 3.93. The van der Waals surface area contributed by atoms with Crippen molar-refractivity contribution in [3.63, 3.8) is 0 Å². The summed E-state index contributed by atoms with van der Waals surface area (Å²) >= 11 is 0. The molecule has 1 aliphatic heterocycles. The van der Waals surface area contributed by atoms with Gasteiger partial charge >= 0.3 is 0 Å². The number of aromatic hydroxyl groups is 1. The highest BCUT2D eigenvalue weighted by Gasteiger charge is 2.21. The number of allylic oxidation sites excluding steroid dienone is 1. The van der Waals surface area contributed by atoms with Crippen molar-refractivity contribution >= 4 is 17.1 Å². The van der Waals surface area contributed by atoms with Gasteiger partial charge in [0, 0.05) is 43.1 Å². The summed E-state index contributed by atoms with van der Waals surface area (Å²) in [5.41, 5.74) is 2.34. The largest absolute Gasteiger partial charge is 0.508 e. The summed E-state index contributed by atoms with van der Waals surface area (Å²) in [7, 11) is 1.89. The lowest BCUT2D eigenvalue weighted by molar-refractivity contribution is 0.449. The Morgan fingerprint density at radius 3 is 3.05 bits per heavy atom. The Balaban J connectivity index is 1.83. The smallest absolute Gasteiger partial charge is 0.191 e. The maximum absolute atomic E-state index is 12.1. The zero-order chi connectivity index (χ0) is 15.3. The molecule has 2 N–H and O–H groups in total. The van der Waals surface area contributed by atoms with Gasteiger partial charge in [0.25, 0.3) is 0 Å². The normalized spacial score (nSPS) is 15.2. The molecule has 2 aromatic heterocycles. The molecule has 22 heavy (non-hydrogen) atoms. The van der Waals surface area contributed by atoms with Gasteiger partial charge in [-0.1, -0.05) is 6.07 Å². The molecule has 0 bridgehead atoms. The lowest BCUT2D eigenvalue weighted by Gasteiger charge is -1.99. The van der Waals surface area contributed by atoms with Crippen molar-refractivity contribution in [1.82, 2.24) is 9.55 Å². The third kappa shape index (κ3) is 1.83. The first-order chi connectivity index (χ1) is 10.6. The highest BCUT2D eigenvalue weighted by molar-refractivity contribution is 5.87. The number of H-pyrrole nitrogens is 1. The van der Waals surface area contributed by atoms with Gasteiger partial charge in [-0.25, -0.2) is 0 Å². The average Bonchev–Trinajstić information content (AvgIpc) is 3.03. The molecule has 1 aromatic carbocycles. The molecule has 0 atom stereocenters. The predicted molar refractivity (Wildman–Crippen MR) is 84.0 cm³/mol. The molecule has 0 saturated carbocycles. The van der Waals surface area contributed by atoms with E-state index in [9.17, 15) is 9.90 Å². The Kier molecular flexibility index (Phi) is 2.63. The maximum atomic E-state index is 12.1. The average molecular weight is 294 g/mol. The van der Waals surface area contributed by atoms with E-state index in [0.717, 1.165) is 16.8 Å². The summed E-state index contributed by atoms with van der Waals surface area (Å²) in [5.74, 6) is 1.62. The van der Waals surface area contributed by atoms with Crippen molar-refractivity contribution in [1.29, 1.82) is 0 Å². The maximum Gasteiger partial charge on any atom is 0.191 e. The summed E-state index contributed by atoms with van der Waals surface area (Å²) < 4.78 is 7.65. The number of phenols is 1. The summed E-state index contributed by atoms with van der Waals surface area (Å²) in [6.07, 6.45) is 5.91. The van der Waals surface area contributed by atoms with Crippen LogP contribution in [0.5, 0.6) is 11.5 Å². The molecule has 0 amide bonds. The second-order valence-corrected chi connectivity index (χ2v) is 5.40. The van der Waals surface area contributed by atoms with Gasteiger partial charge in [-0.2, -0.15) is 0 Å². The Bertz CT molecular complexity index is 979. The van der Waals surface area contributed by atoms with Gasteiger partial charge in [0.15, 0.2) is 5.43 Å². The number of rotatable bonds is 1. The van der Waals surface area contributed by atoms with E-state index < -0.39 is 0 Å². The fraction of sp³-hybridized carbons (Fsp3) is 0.118. The Morgan fingerprint density at radius 1 is 1.36 bits per heavy atom. The number of aryl methyl sites for hydroxylation is 1. The van der Waals surface area contributed by atoms with Crippen LogP contribution in [0, 0.1) is 0 Å². The fourth-order valence-corrected chi connectivity index (χ4v) is 2.91. The van der Waals surface area contributed by atoms with Crippen molar-refractivity contribution in [2.45, 2.75) is 6.42 Å². The Labute approximate surface area is 126 Å². The van der Waals surface area contributed by atoms with E-state index in [1.807, 2.05) is 30.0 Å². The van der Waals surface area contributed by atoms with Crippen LogP contribution in [-0.2, 0) is 13.5 Å². The molecule has 0 saturated heterocycles. The summed E-state index contributed by atoms with van der Waals surface area (Å²) in [6.45, 7) is 0. The molecule has 1 aliphatic rings. The minimum atomic E-state index is -0.0282. The number of phenolic OH excluding ortho intramolecular Hbond substituents is 1. The number of hydrogen-bond donors (Lipinski definition) is 2. The molecule has 5 nitrogen and oxygen atoms in total. The molecule has 3 aromatic rings. The van der Waals surface area contributed by atoms with Crippen molar-refractivity contribution in [3.8, 4) is 11.5 Å². The SMILES string of the molecule is Cn1cc(C=C2Cc3c(O)cccc3O2)c2c(=O)cc[nH]c21. The van der Waals surface area contributed by atoms with Crippen LogP contribution < -0.4 is 10.2 Å². The molecule has 0 fully saturated rings. The Hall–Kier alpha value is -2.95. The molecule has 0 spiro atoms. The number of ether oxygens (including phenoxy) is 1. The second-order valence-electron chi connectivity index (χ2n) is 5.40. The first-order valence-electron chi connectivity index (χ1n) is 6.99. The van der Waals surface area contributed by atoms with Gasteiger partial charge in [-0.05, 0) is 18.2 Å². The monoisotopic (exact) mass is 294 g/mol. The van der Waals surface area contributed by atoms with Gasteiger partial charge in [-0.15, -0.1) is 0 Å². The van der Waals surface area contributed by atoms with Gasteiger partial charge in [-0.3, -0.25) is 4.79 Å². The van der Waals surface area contributed by atoms with E-state index >= 15 is 0 Å². The van der Waals surface area contributed by atoms with Crippen LogP contribution in [0.1, 0.15) is 11.1 Å². The highest BCUT2D eigenvalue weighted by Crippen LogP contribution is 2.37. The van der Waals surface area contributed by atoms with Crippen molar-refractivity contribution < 1.29 is 9.84 Å². The topological polar surface area (TPSA) is 67.2 Å².